The molecular weight excluding hydrogens is 362 g/mol. The molecule has 1 fully saturated rings. The molecule has 1 saturated heterocycles. The number of carbonyl (C=O) groups is 1. The number of carbonyl (C=O) groups excluding carboxylic acids is 1. The van der Waals surface area contributed by atoms with E-state index in [2.05, 4.69) is 37.7 Å². The van der Waals surface area contributed by atoms with Crippen molar-refractivity contribution in [2.45, 2.75) is 40.5 Å². The topological polar surface area (TPSA) is 102 Å². The predicted octanol–water partition coefficient (Wildman–Crippen LogP) is 2.89. The molecule has 2 heterocycles. The average molecular weight is 393 g/mol. The van der Waals surface area contributed by atoms with Crippen molar-refractivity contribution < 1.29 is 14.5 Å². The Hall–Kier alpha value is -2.45. The molecule has 0 unspecified atom stereocenters. The van der Waals surface area contributed by atoms with Gasteiger partial charge in [-0.2, -0.15) is 0 Å². The summed E-state index contributed by atoms with van der Waals surface area (Å²) in [6, 6.07) is 0. The Bertz CT molecular complexity index is 677. The van der Waals surface area contributed by atoms with Crippen LogP contribution >= 0.6 is 0 Å². The second-order valence-corrected chi connectivity index (χ2v) is 8.10. The lowest BCUT2D eigenvalue weighted by Gasteiger charge is -2.32. The summed E-state index contributed by atoms with van der Waals surface area (Å²) in [7, 11) is 1.38. The van der Waals surface area contributed by atoms with E-state index in [0.717, 1.165) is 0 Å². The zero-order valence-electron chi connectivity index (χ0n) is 17.4. The maximum atomic E-state index is 12.0. The van der Waals surface area contributed by atoms with Crippen LogP contribution in [0.2, 0.25) is 0 Å². The summed E-state index contributed by atoms with van der Waals surface area (Å²) in [5, 5.41) is 12.0. The van der Waals surface area contributed by atoms with Gasteiger partial charge in [0.05, 0.1) is 18.0 Å². The van der Waals surface area contributed by atoms with E-state index in [9.17, 15) is 14.9 Å². The fourth-order valence-electron chi connectivity index (χ4n) is 3.61. The molecule has 1 aromatic rings. The Balaban J connectivity index is 2.35. The smallest absolute Gasteiger partial charge is 0.353 e. The fraction of sp³-hybridized carbons (Fsp3) is 0.737. The normalized spacial score (nSPS) is 15.2. The quantitative estimate of drug-likeness (QED) is 0.377. The van der Waals surface area contributed by atoms with Gasteiger partial charge >= 0.3 is 11.7 Å². The molecule has 0 aromatic carbocycles. The first-order chi connectivity index (χ1) is 13.2. The van der Waals surface area contributed by atoms with E-state index in [1.165, 1.54) is 13.4 Å². The lowest BCUT2D eigenvalue weighted by molar-refractivity contribution is -0.383. The van der Waals surface area contributed by atoms with E-state index >= 15 is 0 Å². The number of piperidine rings is 1. The molecule has 9 nitrogen and oxygen atoms in total. The van der Waals surface area contributed by atoms with Crippen LogP contribution in [0.25, 0.3) is 0 Å². The molecule has 0 radical (unpaired) electrons. The summed E-state index contributed by atoms with van der Waals surface area (Å²) in [4.78, 5) is 35.7. The van der Waals surface area contributed by atoms with E-state index in [1.807, 2.05) is 9.80 Å². The third-order valence-electron chi connectivity index (χ3n) is 4.77. The third kappa shape index (κ3) is 5.30. The molecule has 156 valence electrons. The SMILES string of the molecule is COC(=O)C1CCN(c2ncnc(N(CC(C)C)CC(C)C)c2[N+](=O)[O-])CC1. The van der Waals surface area contributed by atoms with Crippen LogP contribution < -0.4 is 9.80 Å². The molecular formula is C19H31N5O4. The van der Waals surface area contributed by atoms with Crippen molar-refractivity contribution >= 4 is 23.3 Å². The van der Waals surface area contributed by atoms with Gasteiger partial charge in [-0.3, -0.25) is 14.9 Å². The number of ether oxygens (including phenoxy) is 1. The Kier molecular flexibility index (Phi) is 7.53. The van der Waals surface area contributed by atoms with Gasteiger partial charge in [-0.05, 0) is 24.7 Å². The standard InChI is InChI=1S/C19H31N5O4/c1-13(2)10-23(11-14(3)4)18-16(24(26)27)17(20-12-21-18)22-8-6-15(7-9-22)19(25)28-5/h12-15H,6-11H2,1-5H3. The fourth-order valence-corrected chi connectivity index (χ4v) is 3.61. The number of nitro groups is 1. The van der Waals surface area contributed by atoms with Crippen molar-refractivity contribution in [2.75, 3.05) is 43.1 Å². The highest BCUT2D eigenvalue weighted by Crippen LogP contribution is 2.36. The van der Waals surface area contributed by atoms with E-state index < -0.39 is 0 Å². The van der Waals surface area contributed by atoms with Crippen molar-refractivity contribution in [1.29, 1.82) is 0 Å². The number of aromatic nitrogens is 2. The molecule has 9 heteroatoms. The Morgan fingerprint density at radius 3 is 2.29 bits per heavy atom. The zero-order chi connectivity index (χ0) is 20.8. The molecule has 0 amide bonds. The van der Waals surface area contributed by atoms with E-state index in [4.69, 9.17) is 4.74 Å². The Morgan fingerprint density at radius 1 is 1.25 bits per heavy atom. The maximum absolute atomic E-state index is 12.0. The van der Waals surface area contributed by atoms with Crippen molar-refractivity contribution in [3.63, 3.8) is 0 Å². The molecule has 1 aromatic heterocycles. The second-order valence-electron chi connectivity index (χ2n) is 8.10. The number of rotatable bonds is 8. The number of hydrogen-bond acceptors (Lipinski definition) is 8. The van der Waals surface area contributed by atoms with Crippen LogP contribution in [0.3, 0.4) is 0 Å². The van der Waals surface area contributed by atoms with Gasteiger partial charge < -0.3 is 14.5 Å². The zero-order valence-corrected chi connectivity index (χ0v) is 17.4. The van der Waals surface area contributed by atoms with Gasteiger partial charge in [-0.25, -0.2) is 9.97 Å². The van der Waals surface area contributed by atoms with Crippen molar-refractivity contribution in [3.8, 4) is 0 Å². The predicted molar refractivity (Wildman–Crippen MR) is 108 cm³/mol. The van der Waals surface area contributed by atoms with Crippen LogP contribution in [0.15, 0.2) is 6.33 Å². The number of methoxy groups -OCH3 is 1. The van der Waals surface area contributed by atoms with Gasteiger partial charge in [0.2, 0.25) is 11.6 Å². The van der Waals surface area contributed by atoms with Gasteiger partial charge in [-0.1, -0.05) is 27.7 Å². The van der Waals surface area contributed by atoms with E-state index in [0.29, 0.717) is 62.5 Å². The molecule has 0 aliphatic carbocycles. The summed E-state index contributed by atoms with van der Waals surface area (Å²) in [5.74, 6) is 0.987. The van der Waals surface area contributed by atoms with Crippen molar-refractivity contribution in [1.82, 2.24) is 9.97 Å². The summed E-state index contributed by atoms with van der Waals surface area (Å²) >= 11 is 0. The molecule has 0 saturated carbocycles. The first-order valence-electron chi connectivity index (χ1n) is 9.81. The molecule has 28 heavy (non-hydrogen) atoms. The number of esters is 1. The van der Waals surface area contributed by atoms with Crippen molar-refractivity contribution in [3.05, 3.63) is 16.4 Å². The van der Waals surface area contributed by atoms with Gasteiger partial charge in [-0.15, -0.1) is 0 Å². The van der Waals surface area contributed by atoms with Gasteiger partial charge in [0.1, 0.15) is 6.33 Å². The third-order valence-corrected chi connectivity index (χ3v) is 4.77. The maximum Gasteiger partial charge on any atom is 0.353 e. The van der Waals surface area contributed by atoms with Gasteiger partial charge in [0.15, 0.2) is 0 Å². The van der Waals surface area contributed by atoms with Crippen LogP contribution in [0.5, 0.6) is 0 Å². The van der Waals surface area contributed by atoms with Crippen molar-refractivity contribution in [2.24, 2.45) is 17.8 Å². The lowest BCUT2D eigenvalue weighted by Crippen LogP contribution is -2.38. The van der Waals surface area contributed by atoms with Gasteiger partial charge in [0.25, 0.3) is 0 Å². The molecule has 0 atom stereocenters. The monoisotopic (exact) mass is 393 g/mol. The molecule has 0 bridgehead atoms. The van der Waals surface area contributed by atoms with Crippen LogP contribution in [-0.2, 0) is 9.53 Å². The van der Waals surface area contributed by atoms with Crippen LogP contribution in [-0.4, -0.2) is 54.1 Å². The highest BCUT2D eigenvalue weighted by atomic mass is 16.6. The molecule has 2 rings (SSSR count). The van der Waals surface area contributed by atoms with E-state index in [1.54, 1.807) is 0 Å². The second kappa shape index (κ2) is 9.66. The van der Waals surface area contributed by atoms with Crippen LogP contribution in [0.4, 0.5) is 17.3 Å². The van der Waals surface area contributed by atoms with E-state index in [-0.39, 0.29) is 22.5 Å². The summed E-state index contributed by atoms with van der Waals surface area (Å²) in [5.41, 5.74) is -0.0553. The Labute approximate surface area is 166 Å². The lowest BCUT2D eigenvalue weighted by atomic mass is 9.97. The van der Waals surface area contributed by atoms with Crippen LogP contribution in [0, 0.1) is 27.9 Å². The largest absolute Gasteiger partial charge is 0.469 e. The molecule has 0 spiro atoms. The molecule has 1 aliphatic heterocycles. The minimum absolute atomic E-state index is 0.0553. The Morgan fingerprint density at radius 2 is 1.82 bits per heavy atom. The number of nitrogens with zero attached hydrogens (tertiary/aromatic N) is 5. The number of anilines is 2. The molecule has 1 aliphatic rings. The summed E-state index contributed by atoms with van der Waals surface area (Å²) in [6.07, 6.45) is 2.58. The van der Waals surface area contributed by atoms with Crippen LogP contribution in [0.1, 0.15) is 40.5 Å². The summed E-state index contributed by atoms with van der Waals surface area (Å²) < 4.78 is 4.82. The minimum Gasteiger partial charge on any atom is -0.469 e. The average Bonchev–Trinajstić information content (AvgIpc) is 2.65. The number of hydrogen-bond donors (Lipinski definition) is 0. The minimum atomic E-state index is -0.384. The molecule has 0 N–H and O–H groups in total. The first-order valence-corrected chi connectivity index (χ1v) is 9.81. The highest BCUT2D eigenvalue weighted by Gasteiger charge is 2.33. The summed E-state index contributed by atoms with van der Waals surface area (Å²) in [6.45, 7) is 10.7. The highest BCUT2D eigenvalue weighted by molar-refractivity contribution is 5.74. The first kappa shape index (κ1) is 21.8. The van der Waals surface area contributed by atoms with Gasteiger partial charge in [0, 0.05) is 26.2 Å².